The summed E-state index contributed by atoms with van der Waals surface area (Å²) in [5.74, 6) is 1.67. The molecule has 4 aliphatic rings. The fourth-order valence-electron chi connectivity index (χ4n) is 8.84. The van der Waals surface area contributed by atoms with Gasteiger partial charge in [-0.3, -0.25) is 13.9 Å². The van der Waals surface area contributed by atoms with Gasteiger partial charge in [0.25, 0.3) is 0 Å². The highest BCUT2D eigenvalue weighted by atomic mass is 35.5. The molecule has 0 unspecified atom stereocenters. The van der Waals surface area contributed by atoms with Crippen LogP contribution in [0.3, 0.4) is 0 Å². The highest BCUT2D eigenvalue weighted by Gasteiger charge is 2.51. The second-order valence-electron chi connectivity index (χ2n) is 14.7. The van der Waals surface area contributed by atoms with E-state index in [1.165, 1.54) is 53.3 Å². The minimum absolute atomic E-state index is 0.0942. The first-order chi connectivity index (χ1) is 22.9. The van der Waals surface area contributed by atoms with Crippen molar-refractivity contribution in [3.63, 3.8) is 0 Å². The smallest absolute Gasteiger partial charge is 0.244 e. The average molecular weight is 690 g/mol. The zero-order valence-electron chi connectivity index (χ0n) is 28.3. The lowest BCUT2D eigenvalue weighted by Gasteiger charge is -2.57. The van der Waals surface area contributed by atoms with Crippen LogP contribution in [0.5, 0.6) is 0 Å². The van der Waals surface area contributed by atoms with Crippen molar-refractivity contribution in [1.82, 2.24) is 10.2 Å². The Morgan fingerprint density at radius 3 is 2.00 bits per heavy atom. The van der Waals surface area contributed by atoms with Crippen LogP contribution in [0.2, 0.25) is 5.02 Å². The van der Waals surface area contributed by atoms with Crippen molar-refractivity contribution in [2.24, 2.45) is 17.8 Å². The second kappa shape index (κ2) is 14.2. The van der Waals surface area contributed by atoms with Gasteiger partial charge in [0.05, 0.1) is 11.9 Å². The van der Waals surface area contributed by atoms with Crippen molar-refractivity contribution in [2.45, 2.75) is 89.3 Å². The topological polar surface area (TPSA) is 86.8 Å². The third-order valence-electron chi connectivity index (χ3n) is 11.0. The van der Waals surface area contributed by atoms with Gasteiger partial charge in [-0.1, -0.05) is 73.1 Å². The minimum atomic E-state index is -3.84. The molecule has 2 amide bonds. The summed E-state index contributed by atoms with van der Waals surface area (Å²) in [6.07, 6.45) is 9.86. The predicted molar refractivity (Wildman–Crippen MR) is 192 cm³/mol. The number of nitrogens with zero attached hydrogens (tertiary/aromatic N) is 2. The first kappa shape index (κ1) is 34.5. The van der Waals surface area contributed by atoms with E-state index in [0.717, 1.165) is 41.6 Å². The van der Waals surface area contributed by atoms with E-state index in [9.17, 15) is 18.0 Å². The summed E-state index contributed by atoms with van der Waals surface area (Å²) in [6, 6.07) is 23.7. The Kier molecular flexibility index (Phi) is 10.2. The summed E-state index contributed by atoms with van der Waals surface area (Å²) >= 11 is 6.17. The molecule has 9 heteroatoms. The summed E-state index contributed by atoms with van der Waals surface area (Å²) in [7, 11) is -3.84. The van der Waals surface area contributed by atoms with Crippen LogP contribution < -0.4 is 9.62 Å². The molecule has 4 saturated carbocycles. The molecule has 0 aromatic heterocycles. The summed E-state index contributed by atoms with van der Waals surface area (Å²) in [4.78, 5) is 29.9. The van der Waals surface area contributed by atoms with Gasteiger partial charge < -0.3 is 10.2 Å². The number of sulfonamides is 1. The molecular weight excluding hydrogens is 642 g/mol. The lowest BCUT2D eigenvalue weighted by molar-refractivity contribution is -0.140. The Balaban J connectivity index is 1.30. The summed E-state index contributed by atoms with van der Waals surface area (Å²) in [6.45, 7) is 3.61. The third-order valence-corrected chi connectivity index (χ3v) is 12.4. The van der Waals surface area contributed by atoms with Crippen molar-refractivity contribution >= 4 is 39.1 Å². The van der Waals surface area contributed by atoms with Gasteiger partial charge in [0.1, 0.15) is 12.6 Å². The maximum atomic E-state index is 14.4. The molecule has 0 heterocycles. The fraction of sp³-hybridized carbons (Fsp3) is 0.487. The van der Waals surface area contributed by atoms with E-state index >= 15 is 0 Å². The van der Waals surface area contributed by atoms with Crippen LogP contribution in [0, 0.1) is 17.8 Å². The monoisotopic (exact) mass is 689 g/mol. The van der Waals surface area contributed by atoms with Crippen LogP contribution in [0.25, 0.3) is 0 Å². The SMILES string of the molecule is CC[C@@H](C)NC(=O)[C@H](Cc1ccccc1)N(Cc1ccc(Cl)cc1)C(=O)CN(c1ccc(C23CC4CC(CC(C4)C2)C3)cc1)S(C)(=O)=O. The van der Waals surface area contributed by atoms with E-state index in [2.05, 4.69) is 17.4 Å². The van der Waals surface area contributed by atoms with E-state index < -0.39 is 28.5 Å². The Bertz CT molecular complexity index is 1660. The zero-order chi connectivity index (χ0) is 34.1. The standard InChI is InChI=1S/C39H48ClN3O4S/c1-4-27(2)41-38(45)36(21-28-8-6-5-7-9-28)42(25-29-10-14-34(40)15-11-29)37(44)26-43(48(3,46)47)35-16-12-33(13-17-35)39-22-30-18-31(23-39)20-32(19-30)24-39/h5-17,27,30-32,36H,4,18-26H2,1-3H3,(H,41,45)/t27-,30?,31?,32?,36+,39?/m1/s1. The summed E-state index contributed by atoms with van der Waals surface area (Å²) in [5, 5.41) is 3.63. The summed E-state index contributed by atoms with van der Waals surface area (Å²) in [5.41, 5.74) is 3.61. The molecule has 4 bridgehead atoms. The molecule has 0 saturated heterocycles. The maximum absolute atomic E-state index is 14.4. The van der Waals surface area contributed by atoms with Gasteiger partial charge in [-0.2, -0.15) is 0 Å². The minimum Gasteiger partial charge on any atom is -0.352 e. The molecule has 256 valence electrons. The zero-order valence-corrected chi connectivity index (χ0v) is 29.8. The van der Waals surface area contributed by atoms with Crippen molar-refractivity contribution in [3.8, 4) is 0 Å². The normalized spacial score (nSPS) is 24.1. The van der Waals surface area contributed by atoms with Gasteiger partial charge in [0.15, 0.2) is 0 Å². The van der Waals surface area contributed by atoms with Crippen LogP contribution >= 0.6 is 11.6 Å². The molecular formula is C39H48ClN3O4S. The lowest BCUT2D eigenvalue weighted by Crippen LogP contribution is -2.54. The Hall–Kier alpha value is -3.36. The molecule has 4 aliphatic carbocycles. The number of amides is 2. The van der Waals surface area contributed by atoms with Crippen LogP contribution in [-0.2, 0) is 38.0 Å². The molecule has 2 atom stereocenters. The fourth-order valence-corrected chi connectivity index (χ4v) is 9.82. The molecule has 0 aliphatic heterocycles. The average Bonchev–Trinajstić information content (AvgIpc) is 3.05. The number of carbonyl (C=O) groups excluding carboxylic acids is 2. The molecule has 48 heavy (non-hydrogen) atoms. The van der Waals surface area contributed by atoms with Crippen molar-refractivity contribution in [3.05, 3.63) is 101 Å². The predicted octanol–water partition coefficient (Wildman–Crippen LogP) is 7.13. The van der Waals surface area contributed by atoms with Gasteiger partial charge in [-0.25, -0.2) is 8.42 Å². The number of hydrogen-bond acceptors (Lipinski definition) is 4. The van der Waals surface area contributed by atoms with E-state index in [-0.39, 0.29) is 30.3 Å². The molecule has 3 aromatic rings. The third kappa shape index (κ3) is 7.76. The first-order valence-corrected chi connectivity index (χ1v) is 19.6. The largest absolute Gasteiger partial charge is 0.352 e. The number of anilines is 1. The summed E-state index contributed by atoms with van der Waals surface area (Å²) < 4.78 is 27.8. The quantitative estimate of drug-likeness (QED) is 0.207. The van der Waals surface area contributed by atoms with Crippen LogP contribution in [0.1, 0.15) is 75.5 Å². The van der Waals surface area contributed by atoms with Gasteiger partial charge in [-0.15, -0.1) is 0 Å². The Morgan fingerprint density at radius 1 is 0.875 bits per heavy atom. The Morgan fingerprint density at radius 2 is 1.46 bits per heavy atom. The van der Waals surface area contributed by atoms with Crippen LogP contribution in [0.15, 0.2) is 78.9 Å². The number of rotatable bonds is 13. The van der Waals surface area contributed by atoms with Gasteiger partial charge >= 0.3 is 0 Å². The molecule has 7 nitrogen and oxygen atoms in total. The van der Waals surface area contributed by atoms with Crippen LogP contribution in [0.4, 0.5) is 5.69 Å². The van der Waals surface area contributed by atoms with Gasteiger partial charge in [-0.05, 0) is 116 Å². The molecule has 4 fully saturated rings. The molecule has 7 rings (SSSR count). The second-order valence-corrected chi connectivity index (χ2v) is 17.0. The van der Waals surface area contributed by atoms with E-state index in [1.54, 1.807) is 12.1 Å². The van der Waals surface area contributed by atoms with Crippen molar-refractivity contribution < 1.29 is 18.0 Å². The number of halogens is 1. The van der Waals surface area contributed by atoms with E-state index in [0.29, 0.717) is 10.7 Å². The van der Waals surface area contributed by atoms with Gasteiger partial charge in [0.2, 0.25) is 21.8 Å². The molecule has 0 radical (unpaired) electrons. The highest BCUT2D eigenvalue weighted by molar-refractivity contribution is 7.92. The molecule has 0 spiro atoms. The number of benzene rings is 3. The maximum Gasteiger partial charge on any atom is 0.244 e. The molecule has 1 N–H and O–H groups in total. The first-order valence-electron chi connectivity index (χ1n) is 17.4. The number of nitrogens with one attached hydrogen (secondary N) is 1. The van der Waals surface area contributed by atoms with Crippen molar-refractivity contribution in [1.29, 1.82) is 0 Å². The van der Waals surface area contributed by atoms with E-state index in [1.807, 2.05) is 68.4 Å². The van der Waals surface area contributed by atoms with E-state index in [4.69, 9.17) is 11.6 Å². The number of carbonyl (C=O) groups is 2. The number of hydrogen-bond donors (Lipinski definition) is 1. The lowest BCUT2D eigenvalue weighted by atomic mass is 9.48. The molecule has 3 aromatic carbocycles. The highest BCUT2D eigenvalue weighted by Crippen LogP contribution is 2.60. The van der Waals surface area contributed by atoms with Gasteiger partial charge in [0, 0.05) is 24.0 Å². The van der Waals surface area contributed by atoms with Crippen molar-refractivity contribution in [2.75, 3.05) is 17.1 Å². The van der Waals surface area contributed by atoms with Crippen LogP contribution in [-0.4, -0.2) is 50.0 Å². The Labute approximate surface area is 291 Å².